The quantitative estimate of drug-likeness (QED) is 0.165. The lowest BCUT2D eigenvalue weighted by molar-refractivity contribution is -0.165. The first-order chi connectivity index (χ1) is 30.2. The van der Waals surface area contributed by atoms with Crippen molar-refractivity contribution in [1.82, 2.24) is 30.7 Å². The Hall–Kier alpha value is -6.01. The standard InChI is InChI=1S/C40H48F3N7O13S/c1-20-13-31-39(57)62-21(2)32(38(56)48-10-4-5-30(48)37(55)49-11-12-61-22(3)33(49)35(53)45-29(19-51)36(54)50(31)18-20)47-34(52)28(16-23-14-24(41)17-25(42)15-23)46-40(58)44-26-6-8-27(9-7-26)63-64(43,59)60/h6-9,14-15,17,20-22,28-33,51H,4-5,10-13,16,18-19H2,1-3H3,(H,45,53)(H,47,52)(H2,44,46,58)/t20-,21+,22-,28+,29+,30+,31+,32?,33+/m1/s1. The summed E-state index contributed by atoms with van der Waals surface area (Å²) < 4.78 is 79.1. The highest BCUT2D eigenvalue weighted by atomic mass is 32.3. The number of urea groups is 1. The van der Waals surface area contributed by atoms with E-state index in [0.29, 0.717) is 12.5 Å². The van der Waals surface area contributed by atoms with Gasteiger partial charge in [-0.15, -0.1) is 0 Å². The first kappa shape index (κ1) is 47.5. The van der Waals surface area contributed by atoms with Crippen LogP contribution in [0.1, 0.15) is 45.6 Å². The van der Waals surface area contributed by atoms with Crippen LogP contribution in [0.4, 0.5) is 23.1 Å². The minimum Gasteiger partial charge on any atom is -0.458 e. The summed E-state index contributed by atoms with van der Waals surface area (Å²) in [4.78, 5) is 102. The summed E-state index contributed by atoms with van der Waals surface area (Å²) >= 11 is 0. The van der Waals surface area contributed by atoms with Gasteiger partial charge in [0.1, 0.15) is 59.7 Å². The fourth-order valence-electron chi connectivity index (χ4n) is 8.41. The minimum absolute atomic E-state index is 0.0106. The molecule has 6 rings (SSSR count). The van der Waals surface area contributed by atoms with E-state index < -0.39 is 131 Å². The van der Waals surface area contributed by atoms with E-state index in [2.05, 4.69) is 25.5 Å². The van der Waals surface area contributed by atoms with E-state index in [0.717, 1.165) is 41.3 Å². The molecule has 348 valence electrons. The van der Waals surface area contributed by atoms with Crippen LogP contribution in [0, 0.1) is 17.6 Å². The van der Waals surface area contributed by atoms with Gasteiger partial charge in [-0.1, -0.05) is 10.8 Å². The highest BCUT2D eigenvalue weighted by Crippen LogP contribution is 2.29. The highest BCUT2D eigenvalue weighted by Gasteiger charge is 2.49. The van der Waals surface area contributed by atoms with Crippen molar-refractivity contribution in [2.45, 2.75) is 94.9 Å². The van der Waals surface area contributed by atoms with E-state index >= 15 is 0 Å². The summed E-state index contributed by atoms with van der Waals surface area (Å²) in [5.41, 5.74) is -0.121. The Morgan fingerprint density at radius 1 is 0.922 bits per heavy atom. The normalized spacial score (nSPS) is 27.4. The molecule has 4 heterocycles. The number of aliphatic hydroxyl groups is 1. The van der Waals surface area contributed by atoms with E-state index in [4.69, 9.17) is 9.47 Å². The number of morpholine rings is 1. The number of rotatable bonds is 9. The Balaban J connectivity index is 1.34. The number of fused-ring (bicyclic) bond motifs is 3. The molecule has 2 aromatic rings. The molecule has 1 unspecified atom stereocenters. The minimum atomic E-state index is -5.36. The molecule has 9 atom stereocenters. The molecule has 24 heteroatoms. The number of hydrogen-bond acceptors (Lipinski definition) is 13. The van der Waals surface area contributed by atoms with Crippen molar-refractivity contribution >= 4 is 57.7 Å². The van der Waals surface area contributed by atoms with Crippen LogP contribution >= 0.6 is 0 Å². The van der Waals surface area contributed by atoms with Crippen LogP contribution in [0.5, 0.6) is 5.75 Å². The van der Waals surface area contributed by atoms with Crippen molar-refractivity contribution in [3.63, 3.8) is 0 Å². The molecule has 4 aliphatic rings. The molecule has 0 saturated carbocycles. The van der Waals surface area contributed by atoms with Crippen LogP contribution in [-0.4, -0.2) is 151 Å². The zero-order chi connectivity index (χ0) is 46.6. The number of hydrogen-bond donors (Lipinski definition) is 5. The Labute approximate surface area is 365 Å². The average Bonchev–Trinajstić information content (AvgIpc) is 3.87. The molecule has 2 aromatic carbocycles. The van der Waals surface area contributed by atoms with Crippen molar-refractivity contribution in [2.24, 2.45) is 5.92 Å². The van der Waals surface area contributed by atoms with Crippen molar-refractivity contribution in [2.75, 3.05) is 38.2 Å². The molecule has 20 nitrogen and oxygen atoms in total. The third kappa shape index (κ3) is 11.2. The van der Waals surface area contributed by atoms with E-state index in [1.807, 2.05) is 0 Å². The van der Waals surface area contributed by atoms with E-state index in [1.165, 1.54) is 16.7 Å². The molecule has 0 spiro atoms. The predicted molar refractivity (Wildman–Crippen MR) is 215 cm³/mol. The van der Waals surface area contributed by atoms with Crippen molar-refractivity contribution in [3.05, 3.63) is 59.7 Å². The lowest BCUT2D eigenvalue weighted by Gasteiger charge is -2.42. The number of nitrogens with zero attached hydrogens (tertiary/aromatic N) is 3. The number of aliphatic hydroxyl groups excluding tert-OH is 1. The molecular formula is C40H48F3N7O13S. The zero-order valence-electron chi connectivity index (χ0n) is 34.8. The summed E-state index contributed by atoms with van der Waals surface area (Å²) in [5.74, 6) is -8.02. The van der Waals surface area contributed by atoms with Gasteiger partial charge in [0.05, 0.1) is 19.3 Å². The topological polar surface area (TPSA) is 259 Å². The first-order valence-corrected chi connectivity index (χ1v) is 21.8. The van der Waals surface area contributed by atoms with Gasteiger partial charge in [-0.25, -0.2) is 18.4 Å². The summed E-state index contributed by atoms with van der Waals surface area (Å²) in [7, 11) is -5.36. The summed E-state index contributed by atoms with van der Waals surface area (Å²) in [6, 6.07) is -3.20. The molecule has 0 aliphatic carbocycles. The van der Waals surface area contributed by atoms with Gasteiger partial charge in [-0.3, -0.25) is 24.0 Å². The third-order valence-corrected chi connectivity index (χ3v) is 11.7. The van der Waals surface area contributed by atoms with Crippen LogP contribution in [0.3, 0.4) is 0 Å². The number of cyclic esters (lactones) is 1. The molecule has 4 fully saturated rings. The second kappa shape index (κ2) is 19.8. The maximum atomic E-state index is 14.8. The first-order valence-electron chi connectivity index (χ1n) is 20.4. The van der Waals surface area contributed by atoms with Crippen LogP contribution in [0.15, 0.2) is 42.5 Å². The Morgan fingerprint density at radius 3 is 2.27 bits per heavy atom. The Morgan fingerprint density at radius 2 is 1.61 bits per heavy atom. The van der Waals surface area contributed by atoms with Gasteiger partial charge in [-0.05, 0) is 81.0 Å². The van der Waals surface area contributed by atoms with Gasteiger partial charge in [0.25, 0.3) is 0 Å². The number of halogens is 3. The van der Waals surface area contributed by atoms with E-state index in [1.54, 1.807) is 13.8 Å². The lowest BCUT2D eigenvalue weighted by atomic mass is 10.0. The summed E-state index contributed by atoms with van der Waals surface area (Å²) in [5, 5.41) is 20.1. The number of carbonyl (C=O) groups excluding carboxylic acids is 7. The fourth-order valence-corrected chi connectivity index (χ4v) is 8.75. The second-order valence-electron chi connectivity index (χ2n) is 16.1. The van der Waals surface area contributed by atoms with Crippen molar-refractivity contribution in [1.29, 1.82) is 0 Å². The predicted octanol–water partition coefficient (Wildman–Crippen LogP) is 0.0418. The second-order valence-corrected chi connectivity index (χ2v) is 17.0. The van der Waals surface area contributed by atoms with Gasteiger partial charge < -0.3 is 54.7 Å². The van der Waals surface area contributed by atoms with Gasteiger partial charge in [0.2, 0.25) is 29.5 Å². The summed E-state index contributed by atoms with van der Waals surface area (Å²) in [6.45, 7) is 3.70. The molecule has 5 N–H and O–H groups in total. The van der Waals surface area contributed by atoms with Crippen LogP contribution < -0.4 is 25.5 Å². The number of nitrogens with one attached hydrogen (secondary N) is 4. The smallest absolute Gasteiger partial charge is 0.458 e. The number of anilines is 1. The summed E-state index contributed by atoms with van der Waals surface area (Å²) in [6.07, 6.45) is -2.47. The number of ether oxygens (including phenoxy) is 2. The maximum absolute atomic E-state index is 14.8. The van der Waals surface area contributed by atoms with Gasteiger partial charge >= 0.3 is 22.5 Å². The van der Waals surface area contributed by atoms with Crippen LogP contribution in [-0.2, 0) is 55.2 Å². The number of esters is 1. The molecule has 0 radical (unpaired) electrons. The Bertz CT molecular complexity index is 2240. The van der Waals surface area contributed by atoms with Gasteiger partial charge in [0, 0.05) is 37.8 Å². The van der Waals surface area contributed by atoms with Gasteiger partial charge in [-0.2, -0.15) is 8.42 Å². The molecule has 4 aliphatic heterocycles. The SMILES string of the molecule is C[C@@H]1C[C@H]2C(=O)O[C@@H](C)C(NC(=O)[C@H](Cc3cc(F)cc(F)c3)NC(=O)Nc3ccc(OS(=O)(=O)F)cc3)C(=O)N3CCC[C@H]3C(=O)N3CCO[C@H](C)[C@H]3C(=O)N[C@@H](CO)C(=O)N2C1. The van der Waals surface area contributed by atoms with Crippen LogP contribution in [0.25, 0.3) is 0 Å². The number of amides is 7. The number of benzene rings is 2. The highest BCUT2D eigenvalue weighted by molar-refractivity contribution is 7.81. The molecular weight excluding hydrogens is 876 g/mol. The Kier molecular flexibility index (Phi) is 14.7. The molecule has 4 saturated heterocycles. The van der Waals surface area contributed by atoms with E-state index in [9.17, 15) is 59.8 Å². The molecule has 7 amide bonds. The largest absolute Gasteiger partial charge is 0.488 e. The molecule has 64 heavy (non-hydrogen) atoms. The average molecular weight is 924 g/mol. The van der Waals surface area contributed by atoms with Gasteiger partial charge in [0.15, 0.2) is 0 Å². The third-order valence-electron chi connectivity index (χ3n) is 11.4. The lowest BCUT2D eigenvalue weighted by Crippen LogP contribution is -2.66. The zero-order valence-corrected chi connectivity index (χ0v) is 35.6. The molecule has 0 bridgehead atoms. The molecule has 0 aromatic heterocycles. The van der Waals surface area contributed by atoms with Crippen molar-refractivity contribution in [3.8, 4) is 5.75 Å². The van der Waals surface area contributed by atoms with Crippen molar-refractivity contribution < 1.29 is 73.4 Å². The van der Waals surface area contributed by atoms with E-state index in [-0.39, 0.29) is 56.3 Å². The monoisotopic (exact) mass is 923 g/mol. The fraction of sp³-hybridized carbons (Fsp3) is 0.525. The number of carbonyl (C=O) groups is 7. The van der Waals surface area contributed by atoms with Crippen LogP contribution in [0.2, 0.25) is 0 Å². The maximum Gasteiger partial charge on any atom is 0.488 e.